The minimum Gasteiger partial charge on any atom is -0.507 e. The minimum absolute atomic E-state index is 0.0365. The van der Waals surface area contributed by atoms with Crippen LogP contribution >= 0.6 is 0 Å². The number of hydrogen-bond acceptors (Lipinski definition) is 2. The molecule has 0 aliphatic heterocycles. The summed E-state index contributed by atoms with van der Waals surface area (Å²) in [5, 5.41) is 19.9. The lowest BCUT2D eigenvalue weighted by Crippen LogP contribution is -2.05. The van der Waals surface area contributed by atoms with E-state index in [2.05, 4.69) is 0 Å². The fourth-order valence-corrected chi connectivity index (χ4v) is 3.02. The van der Waals surface area contributed by atoms with E-state index < -0.39 is 5.97 Å². The third-order valence-electron chi connectivity index (χ3n) is 4.48. The van der Waals surface area contributed by atoms with Crippen LogP contribution in [0.3, 0.4) is 0 Å². The maximum absolute atomic E-state index is 11.6. The van der Waals surface area contributed by atoms with Crippen molar-refractivity contribution in [2.75, 3.05) is 0 Å². The predicted molar refractivity (Wildman–Crippen MR) is 98.3 cm³/mol. The van der Waals surface area contributed by atoms with E-state index in [4.69, 9.17) is 0 Å². The lowest BCUT2D eigenvalue weighted by Gasteiger charge is -2.17. The second kappa shape index (κ2) is 7.22. The maximum atomic E-state index is 11.6. The molecule has 0 fully saturated rings. The highest BCUT2D eigenvalue weighted by atomic mass is 16.4. The molecule has 3 heteroatoms. The second-order valence-electron chi connectivity index (χ2n) is 6.18. The van der Waals surface area contributed by atoms with Gasteiger partial charge < -0.3 is 10.2 Å². The van der Waals surface area contributed by atoms with Gasteiger partial charge in [0.05, 0.1) is 0 Å². The fourth-order valence-electron chi connectivity index (χ4n) is 3.02. The molecule has 0 aromatic heterocycles. The van der Waals surface area contributed by atoms with Gasteiger partial charge in [0.1, 0.15) is 11.3 Å². The normalized spacial score (nSPS) is 11.9. The first-order valence-corrected chi connectivity index (χ1v) is 8.24. The number of aromatic hydroxyl groups is 1. The Bertz CT molecular complexity index is 871. The van der Waals surface area contributed by atoms with E-state index in [9.17, 15) is 15.0 Å². The Morgan fingerprint density at radius 3 is 2.12 bits per heavy atom. The molecule has 0 amide bonds. The first kappa shape index (κ1) is 16.8. The standard InChI is InChI=1S/C22H20O3/c1-15(17-10-6-3-7-11-17)18-13-19(12-16-8-4-2-5-9-16)21(23)20(14-18)22(24)25/h2-11,13-15,23H,12H2,1H3,(H,24,25). The van der Waals surface area contributed by atoms with Crippen molar-refractivity contribution in [1.29, 1.82) is 0 Å². The van der Waals surface area contributed by atoms with Crippen LogP contribution in [0.5, 0.6) is 5.75 Å². The Kier molecular flexibility index (Phi) is 4.85. The second-order valence-corrected chi connectivity index (χ2v) is 6.18. The van der Waals surface area contributed by atoms with Crippen molar-refractivity contribution < 1.29 is 15.0 Å². The van der Waals surface area contributed by atoms with Gasteiger partial charge in [-0.25, -0.2) is 4.79 Å². The molecule has 3 nitrogen and oxygen atoms in total. The van der Waals surface area contributed by atoms with Gasteiger partial charge in [-0.05, 0) is 28.3 Å². The van der Waals surface area contributed by atoms with Gasteiger partial charge in [0, 0.05) is 12.3 Å². The molecule has 0 radical (unpaired) electrons. The van der Waals surface area contributed by atoms with Crippen molar-refractivity contribution in [2.45, 2.75) is 19.3 Å². The van der Waals surface area contributed by atoms with Crippen molar-refractivity contribution in [3.05, 3.63) is 101 Å². The lowest BCUT2D eigenvalue weighted by atomic mass is 9.89. The summed E-state index contributed by atoms with van der Waals surface area (Å²) >= 11 is 0. The van der Waals surface area contributed by atoms with Gasteiger partial charge in [0.25, 0.3) is 0 Å². The van der Waals surface area contributed by atoms with Gasteiger partial charge in [-0.15, -0.1) is 0 Å². The maximum Gasteiger partial charge on any atom is 0.339 e. The van der Waals surface area contributed by atoms with E-state index in [1.165, 1.54) is 0 Å². The number of hydrogen-bond donors (Lipinski definition) is 2. The monoisotopic (exact) mass is 332 g/mol. The molecular formula is C22H20O3. The smallest absolute Gasteiger partial charge is 0.339 e. The third kappa shape index (κ3) is 3.72. The molecule has 0 aliphatic carbocycles. The number of rotatable bonds is 5. The van der Waals surface area contributed by atoms with Crippen LogP contribution in [-0.2, 0) is 6.42 Å². The molecule has 0 aliphatic rings. The Morgan fingerprint density at radius 2 is 1.52 bits per heavy atom. The lowest BCUT2D eigenvalue weighted by molar-refractivity contribution is 0.0693. The average Bonchev–Trinajstić information content (AvgIpc) is 2.64. The van der Waals surface area contributed by atoms with E-state index in [-0.39, 0.29) is 17.2 Å². The highest BCUT2D eigenvalue weighted by molar-refractivity contribution is 5.91. The zero-order valence-corrected chi connectivity index (χ0v) is 14.0. The largest absolute Gasteiger partial charge is 0.507 e. The molecule has 3 rings (SSSR count). The van der Waals surface area contributed by atoms with Crippen LogP contribution in [0.2, 0.25) is 0 Å². The summed E-state index contributed by atoms with van der Waals surface area (Å²) in [5.41, 5.74) is 3.59. The number of aromatic carboxylic acids is 1. The molecule has 1 unspecified atom stereocenters. The molecule has 0 saturated heterocycles. The summed E-state index contributed by atoms with van der Waals surface area (Å²) in [7, 11) is 0. The quantitative estimate of drug-likeness (QED) is 0.703. The van der Waals surface area contributed by atoms with Crippen LogP contribution < -0.4 is 0 Å². The van der Waals surface area contributed by atoms with E-state index in [1.54, 1.807) is 6.07 Å². The Balaban J connectivity index is 2.06. The zero-order valence-electron chi connectivity index (χ0n) is 14.0. The summed E-state index contributed by atoms with van der Waals surface area (Å²) in [5.74, 6) is -1.23. The van der Waals surface area contributed by atoms with E-state index >= 15 is 0 Å². The summed E-state index contributed by atoms with van der Waals surface area (Å²) in [6.07, 6.45) is 0.488. The van der Waals surface area contributed by atoms with Crippen LogP contribution in [0.4, 0.5) is 0 Å². The summed E-state index contributed by atoms with van der Waals surface area (Å²) < 4.78 is 0. The van der Waals surface area contributed by atoms with E-state index in [0.717, 1.165) is 16.7 Å². The van der Waals surface area contributed by atoms with Crippen molar-refractivity contribution >= 4 is 5.97 Å². The number of carboxylic acids is 1. The highest BCUT2D eigenvalue weighted by Crippen LogP contribution is 2.32. The zero-order chi connectivity index (χ0) is 17.8. The van der Waals surface area contributed by atoms with Gasteiger partial charge in [-0.2, -0.15) is 0 Å². The SMILES string of the molecule is CC(c1ccccc1)c1cc(Cc2ccccc2)c(O)c(C(=O)O)c1. The van der Waals surface area contributed by atoms with Crippen molar-refractivity contribution in [1.82, 2.24) is 0 Å². The van der Waals surface area contributed by atoms with Crippen LogP contribution in [0, 0.1) is 0 Å². The van der Waals surface area contributed by atoms with Gasteiger partial charge in [-0.1, -0.05) is 73.7 Å². The summed E-state index contributed by atoms with van der Waals surface area (Å²) in [4.78, 5) is 11.6. The Hall–Kier alpha value is -3.07. The topological polar surface area (TPSA) is 57.5 Å². The molecular weight excluding hydrogens is 312 g/mol. The fraction of sp³-hybridized carbons (Fsp3) is 0.136. The molecule has 126 valence electrons. The van der Waals surface area contributed by atoms with Gasteiger partial charge in [-0.3, -0.25) is 0 Å². The number of benzene rings is 3. The molecule has 0 bridgehead atoms. The van der Waals surface area contributed by atoms with Gasteiger partial charge >= 0.3 is 5.97 Å². The first-order chi connectivity index (χ1) is 12.1. The number of carbonyl (C=O) groups is 1. The molecule has 0 saturated carbocycles. The van der Waals surface area contributed by atoms with Crippen molar-refractivity contribution in [2.24, 2.45) is 0 Å². The van der Waals surface area contributed by atoms with Crippen LogP contribution in [-0.4, -0.2) is 16.2 Å². The summed E-state index contributed by atoms with van der Waals surface area (Å²) in [6.45, 7) is 2.04. The third-order valence-corrected chi connectivity index (χ3v) is 4.48. The average molecular weight is 332 g/mol. The van der Waals surface area contributed by atoms with Crippen molar-refractivity contribution in [3.63, 3.8) is 0 Å². The van der Waals surface area contributed by atoms with Crippen LogP contribution in [0.25, 0.3) is 0 Å². The highest BCUT2D eigenvalue weighted by Gasteiger charge is 2.19. The predicted octanol–water partition coefficient (Wildman–Crippen LogP) is 4.83. The first-order valence-electron chi connectivity index (χ1n) is 8.24. The van der Waals surface area contributed by atoms with E-state index in [0.29, 0.717) is 12.0 Å². The molecule has 0 heterocycles. The van der Waals surface area contributed by atoms with Gasteiger partial charge in [0.15, 0.2) is 0 Å². The molecule has 25 heavy (non-hydrogen) atoms. The molecule has 3 aromatic rings. The Labute approximate surface area is 147 Å². The van der Waals surface area contributed by atoms with Crippen LogP contribution in [0.15, 0.2) is 72.8 Å². The van der Waals surface area contributed by atoms with Gasteiger partial charge in [0.2, 0.25) is 0 Å². The minimum atomic E-state index is -1.12. The molecule has 2 N–H and O–H groups in total. The molecule has 3 aromatic carbocycles. The number of phenols is 1. The van der Waals surface area contributed by atoms with Crippen LogP contribution in [0.1, 0.15) is 45.5 Å². The van der Waals surface area contributed by atoms with Crippen molar-refractivity contribution in [3.8, 4) is 5.75 Å². The summed E-state index contributed by atoms with van der Waals surface area (Å²) in [6, 6.07) is 23.1. The Morgan fingerprint density at radius 1 is 0.920 bits per heavy atom. The number of carboxylic acid groups (broad SMARTS) is 1. The molecule has 1 atom stereocenters. The molecule has 0 spiro atoms. The van der Waals surface area contributed by atoms with E-state index in [1.807, 2.05) is 73.7 Å².